The van der Waals surface area contributed by atoms with Crippen molar-refractivity contribution < 1.29 is 14.3 Å². The molecule has 1 aromatic rings. The Bertz CT molecular complexity index is 893. The van der Waals surface area contributed by atoms with Gasteiger partial charge in [-0.15, -0.1) is 0 Å². The summed E-state index contributed by atoms with van der Waals surface area (Å²) in [4.78, 5) is 24.5. The van der Waals surface area contributed by atoms with Crippen molar-refractivity contribution in [2.24, 2.45) is 23.2 Å². The monoisotopic (exact) mass is 421 g/mol. The summed E-state index contributed by atoms with van der Waals surface area (Å²) in [5.41, 5.74) is 2.72. The molecule has 4 heteroatoms. The first kappa shape index (κ1) is 20.8. The van der Waals surface area contributed by atoms with E-state index in [9.17, 15) is 9.59 Å². The summed E-state index contributed by atoms with van der Waals surface area (Å²) in [6, 6.07) is 9.85. The summed E-state index contributed by atoms with van der Waals surface area (Å²) in [6.07, 6.45) is 10.9. The molecule has 0 aromatic heterocycles. The van der Waals surface area contributed by atoms with Gasteiger partial charge < -0.3 is 10.1 Å². The van der Waals surface area contributed by atoms with Crippen LogP contribution in [0.4, 0.5) is 0 Å². The van der Waals surface area contributed by atoms with Crippen LogP contribution in [0.5, 0.6) is 0 Å². The molecule has 4 nitrogen and oxygen atoms in total. The minimum Gasteiger partial charge on any atom is -0.462 e. The van der Waals surface area contributed by atoms with Gasteiger partial charge in [-0.05, 0) is 74.2 Å². The van der Waals surface area contributed by atoms with Crippen LogP contribution in [0.1, 0.15) is 70.8 Å². The lowest BCUT2D eigenvalue weighted by atomic mass is 9.48. The Morgan fingerprint density at radius 3 is 2.71 bits per heavy atom. The van der Waals surface area contributed by atoms with Gasteiger partial charge in [-0.25, -0.2) is 0 Å². The second-order valence-electron chi connectivity index (χ2n) is 10.8. The molecule has 1 aromatic carbocycles. The number of allylic oxidation sites excluding steroid dienone is 1. The molecule has 1 heterocycles. The first-order chi connectivity index (χ1) is 14.9. The predicted octanol–water partition coefficient (Wildman–Crippen LogP) is 4.97. The summed E-state index contributed by atoms with van der Waals surface area (Å²) in [7, 11) is 0. The van der Waals surface area contributed by atoms with Crippen LogP contribution in [0.15, 0.2) is 42.0 Å². The van der Waals surface area contributed by atoms with Gasteiger partial charge in [0.05, 0.1) is 6.42 Å². The largest absolute Gasteiger partial charge is 0.462 e. The molecule has 4 aliphatic rings. The zero-order valence-corrected chi connectivity index (χ0v) is 18.9. The maximum absolute atomic E-state index is 12.5. The first-order valence-electron chi connectivity index (χ1n) is 12.1. The van der Waals surface area contributed by atoms with Crippen molar-refractivity contribution in [2.45, 2.75) is 83.3 Å². The lowest BCUT2D eigenvalue weighted by Crippen LogP contribution is -2.62. The van der Waals surface area contributed by atoms with Crippen molar-refractivity contribution in [3.05, 3.63) is 47.5 Å². The van der Waals surface area contributed by atoms with Crippen LogP contribution in [-0.4, -0.2) is 23.5 Å². The molecule has 166 valence electrons. The van der Waals surface area contributed by atoms with Gasteiger partial charge in [0.2, 0.25) is 5.91 Å². The van der Waals surface area contributed by atoms with Crippen LogP contribution in [0.25, 0.3) is 0 Å². The van der Waals surface area contributed by atoms with Crippen molar-refractivity contribution in [3.63, 3.8) is 0 Å². The second-order valence-corrected chi connectivity index (χ2v) is 10.8. The Labute approximate surface area is 185 Å². The lowest BCUT2D eigenvalue weighted by Gasteiger charge is -2.59. The average molecular weight is 422 g/mol. The zero-order chi connectivity index (χ0) is 21.6. The summed E-state index contributed by atoms with van der Waals surface area (Å²) >= 11 is 0. The van der Waals surface area contributed by atoms with Crippen LogP contribution >= 0.6 is 0 Å². The van der Waals surface area contributed by atoms with E-state index in [-0.39, 0.29) is 28.9 Å². The molecular formula is C27H35NO3. The average Bonchev–Trinajstić information content (AvgIpc) is 2.73. The molecule has 1 saturated heterocycles. The van der Waals surface area contributed by atoms with E-state index in [2.05, 4.69) is 25.2 Å². The van der Waals surface area contributed by atoms with Gasteiger partial charge in [0, 0.05) is 18.4 Å². The predicted molar refractivity (Wildman–Crippen MR) is 120 cm³/mol. The van der Waals surface area contributed by atoms with Crippen LogP contribution < -0.4 is 5.32 Å². The van der Waals surface area contributed by atoms with Crippen molar-refractivity contribution in [3.8, 4) is 0 Å². The lowest BCUT2D eigenvalue weighted by molar-refractivity contribution is -0.151. The number of hydrogen-bond donors (Lipinski definition) is 1. The molecule has 0 spiro atoms. The summed E-state index contributed by atoms with van der Waals surface area (Å²) in [6.45, 7) is 4.73. The Hall–Kier alpha value is -2.10. The molecule has 1 aliphatic heterocycles. The number of esters is 1. The fourth-order valence-corrected chi connectivity index (χ4v) is 7.39. The number of nitrogens with one attached hydrogen (secondary N) is 1. The van der Waals surface area contributed by atoms with E-state index in [1.54, 1.807) is 0 Å². The number of fused-ring (bicyclic) bond motifs is 5. The van der Waals surface area contributed by atoms with E-state index in [4.69, 9.17) is 4.74 Å². The van der Waals surface area contributed by atoms with Crippen molar-refractivity contribution in [1.82, 2.24) is 5.32 Å². The fraction of sp³-hybridized carbons (Fsp3) is 0.630. The molecule has 6 atom stereocenters. The van der Waals surface area contributed by atoms with Gasteiger partial charge in [0.1, 0.15) is 6.10 Å². The third kappa shape index (κ3) is 3.72. The summed E-state index contributed by atoms with van der Waals surface area (Å²) in [5, 5.41) is 3.34. The number of carbonyl (C=O) groups excluding carboxylic acids is 2. The Balaban J connectivity index is 1.27. The van der Waals surface area contributed by atoms with Gasteiger partial charge >= 0.3 is 5.97 Å². The van der Waals surface area contributed by atoms with Crippen molar-refractivity contribution >= 4 is 11.9 Å². The molecule has 1 N–H and O–H groups in total. The molecule has 0 bridgehead atoms. The molecular weight excluding hydrogens is 386 g/mol. The van der Waals surface area contributed by atoms with Crippen LogP contribution in [0, 0.1) is 23.2 Å². The normalized spacial score (nSPS) is 39.3. The molecule has 0 unspecified atom stereocenters. The number of ether oxygens (including phenoxy) is 1. The zero-order valence-electron chi connectivity index (χ0n) is 18.9. The number of benzene rings is 1. The molecule has 3 aliphatic carbocycles. The van der Waals surface area contributed by atoms with Gasteiger partial charge in [-0.2, -0.15) is 0 Å². The highest BCUT2D eigenvalue weighted by atomic mass is 16.5. The van der Waals surface area contributed by atoms with E-state index < -0.39 is 0 Å². The minimum atomic E-state index is -0.111. The second kappa shape index (κ2) is 7.79. The fourth-order valence-electron chi connectivity index (χ4n) is 7.39. The van der Waals surface area contributed by atoms with Crippen LogP contribution in [-0.2, 0) is 20.7 Å². The van der Waals surface area contributed by atoms with Crippen molar-refractivity contribution in [2.75, 3.05) is 0 Å². The molecule has 31 heavy (non-hydrogen) atoms. The smallest absolute Gasteiger partial charge is 0.310 e. The molecule has 5 rings (SSSR count). The third-order valence-electron chi connectivity index (χ3n) is 9.05. The minimum absolute atomic E-state index is 0.00918. The molecule has 1 amide bonds. The van der Waals surface area contributed by atoms with E-state index in [1.807, 2.05) is 30.3 Å². The number of hydrogen-bond acceptors (Lipinski definition) is 3. The number of carbonyl (C=O) groups is 2. The maximum atomic E-state index is 12.5. The standard InChI is InChI=1S/C27H35NO3/c1-26-14-12-20(31-25(30)16-18-6-4-3-5-7-18)17-19(26)8-9-21-22(26)13-15-27(2)23(21)10-11-24(29)28-27/h3-8,20-23H,9-17H2,1-2H3,(H,28,29)/t20-,21+,22-,23-,26-,27-/m0/s1. The third-order valence-corrected chi connectivity index (χ3v) is 9.05. The van der Waals surface area contributed by atoms with E-state index in [1.165, 1.54) is 12.0 Å². The highest BCUT2D eigenvalue weighted by Gasteiger charge is 2.56. The Morgan fingerprint density at radius 1 is 1.10 bits per heavy atom. The topological polar surface area (TPSA) is 55.4 Å². The van der Waals surface area contributed by atoms with Gasteiger partial charge in [0.15, 0.2) is 0 Å². The van der Waals surface area contributed by atoms with E-state index >= 15 is 0 Å². The highest BCUT2D eigenvalue weighted by Crippen LogP contribution is 2.60. The quantitative estimate of drug-likeness (QED) is 0.554. The van der Waals surface area contributed by atoms with Crippen LogP contribution in [0.3, 0.4) is 0 Å². The van der Waals surface area contributed by atoms with Crippen molar-refractivity contribution in [1.29, 1.82) is 0 Å². The van der Waals surface area contributed by atoms with Gasteiger partial charge in [-0.1, -0.05) is 48.9 Å². The maximum Gasteiger partial charge on any atom is 0.310 e. The molecule has 2 saturated carbocycles. The Kier molecular flexibility index (Phi) is 5.22. The number of piperidine rings is 1. The molecule has 0 radical (unpaired) electrons. The van der Waals surface area contributed by atoms with E-state index in [0.717, 1.165) is 44.1 Å². The van der Waals surface area contributed by atoms with E-state index in [0.29, 0.717) is 30.6 Å². The highest BCUT2D eigenvalue weighted by molar-refractivity contribution is 5.78. The van der Waals surface area contributed by atoms with Gasteiger partial charge in [-0.3, -0.25) is 9.59 Å². The summed E-state index contributed by atoms with van der Waals surface area (Å²) in [5.74, 6) is 2.04. The van der Waals surface area contributed by atoms with Gasteiger partial charge in [0.25, 0.3) is 0 Å². The number of rotatable bonds is 3. The Morgan fingerprint density at radius 2 is 1.90 bits per heavy atom. The molecule has 3 fully saturated rings. The SMILES string of the molecule is C[C@]12CC[C@H](OC(=O)Cc3ccccc3)CC1=CC[C@@H]1[C@@H]2CC[C@]2(C)NC(=O)CC[C@@H]12. The first-order valence-corrected chi connectivity index (χ1v) is 12.1. The number of amides is 1. The van der Waals surface area contributed by atoms with Crippen LogP contribution in [0.2, 0.25) is 0 Å². The summed E-state index contributed by atoms with van der Waals surface area (Å²) < 4.78 is 5.91.